The lowest BCUT2D eigenvalue weighted by molar-refractivity contribution is 0.0945. The number of amides is 1. The molecule has 3 aromatic rings. The second-order valence-corrected chi connectivity index (χ2v) is 8.49. The number of aliphatic hydroxyl groups excluding tert-OH is 1. The minimum Gasteiger partial charge on any atom is -0.494 e. The molecule has 0 saturated heterocycles. The molecule has 1 aromatic heterocycles. The van der Waals surface area contributed by atoms with Crippen molar-refractivity contribution in [2.45, 2.75) is 38.8 Å². The van der Waals surface area contributed by atoms with Crippen LogP contribution in [-0.4, -0.2) is 29.7 Å². The van der Waals surface area contributed by atoms with Gasteiger partial charge in [0, 0.05) is 23.9 Å². The Kier molecular flexibility index (Phi) is 7.75. The number of carbonyl (C=O) groups excluding carboxylic acids is 1. The van der Waals surface area contributed by atoms with Crippen molar-refractivity contribution in [2.75, 3.05) is 13.7 Å². The molecule has 1 saturated carbocycles. The third-order valence-electron chi connectivity index (χ3n) is 6.18. The van der Waals surface area contributed by atoms with Crippen LogP contribution in [0.25, 0.3) is 11.3 Å². The predicted octanol–water partition coefficient (Wildman–Crippen LogP) is 4.89. The Labute approximate surface area is 198 Å². The first-order chi connectivity index (χ1) is 16.6. The summed E-state index contributed by atoms with van der Waals surface area (Å²) in [5.74, 6) is 0.329. The van der Waals surface area contributed by atoms with Crippen molar-refractivity contribution in [2.24, 2.45) is 5.92 Å². The fourth-order valence-electron chi connectivity index (χ4n) is 4.29. The van der Waals surface area contributed by atoms with Crippen LogP contribution in [0.1, 0.15) is 47.2 Å². The molecule has 2 aromatic carbocycles. The van der Waals surface area contributed by atoms with E-state index in [1.165, 1.54) is 32.1 Å². The zero-order chi connectivity index (χ0) is 23.9. The van der Waals surface area contributed by atoms with E-state index >= 15 is 0 Å². The van der Waals surface area contributed by atoms with Gasteiger partial charge in [-0.15, -0.1) is 0 Å². The van der Waals surface area contributed by atoms with Gasteiger partial charge in [0.2, 0.25) is 0 Å². The third kappa shape index (κ3) is 5.54. The summed E-state index contributed by atoms with van der Waals surface area (Å²) in [6.45, 7) is 0.556. The summed E-state index contributed by atoms with van der Waals surface area (Å²) in [5.41, 5.74) is 2.97. The van der Waals surface area contributed by atoms with E-state index in [4.69, 9.17) is 9.47 Å². The van der Waals surface area contributed by atoms with Gasteiger partial charge in [0.15, 0.2) is 11.6 Å². The summed E-state index contributed by atoms with van der Waals surface area (Å²) in [7, 11) is 1.41. The van der Waals surface area contributed by atoms with Crippen molar-refractivity contribution in [1.82, 2.24) is 10.3 Å². The van der Waals surface area contributed by atoms with Crippen molar-refractivity contribution < 1.29 is 23.8 Å². The van der Waals surface area contributed by atoms with Crippen LogP contribution in [0.5, 0.6) is 11.5 Å². The molecule has 0 unspecified atom stereocenters. The topological polar surface area (TPSA) is 80.7 Å². The quantitative estimate of drug-likeness (QED) is 0.471. The first-order valence-corrected chi connectivity index (χ1v) is 11.5. The molecule has 1 heterocycles. The Hall–Kier alpha value is -3.45. The molecule has 0 bridgehead atoms. The number of methoxy groups -OCH3 is 1. The molecule has 178 valence electrons. The van der Waals surface area contributed by atoms with Gasteiger partial charge in [0.1, 0.15) is 5.75 Å². The molecule has 34 heavy (non-hydrogen) atoms. The molecule has 7 heteroatoms. The number of pyridine rings is 1. The van der Waals surface area contributed by atoms with Gasteiger partial charge in [0.25, 0.3) is 5.91 Å². The van der Waals surface area contributed by atoms with Gasteiger partial charge < -0.3 is 19.9 Å². The predicted molar refractivity (Wildman–Crippen MR) is 127 cm³/mol. The molecular weight excluding hydrogens is 435 g/mol. The van der Waals surface area contributed by atoms with Gasteiger partial charge >= 0.3 is 0 Å². The van der Waals surface area contributed by atoms with Crippen molar-refractivity contribution >= 4 is 5.91 Å². The van der Waals surface area contributed by atoms with Crippen LogP contribution in [0.3, 0.4) is 0 Å². The van der Waals surface area contributed by atoms with Crippen LogP contribution in [-0.2, 0) is 13.2 Å². The highest BCUT2D eigenvalue weighted by Crippen LogP contribution is 2.30. The average molecular weight is 465 g/mol. The maximum Gasteiger partial charge on any atom is 0.255 e. The highest BCUT2D eigenvalue weighted by molar-refractivity contribution is 5.98. The van der Waals surface area contributed by atoms with Gasteiger partial charge in [-0.05, 0) is 60.7 Å². The SMILES string of the molecule is COc1ccc(CNC(=O)c2cc(-c3ncccc3CO)ccc2OCC2CCCC2)cc1F. The zero-order valence-corrected chi connectivity index (χ0v) is 19.2. The molecule has 1 aliphatic rings. The summed E-state index contributed by atoms with van der Waals surface area (Å²) >= 11 is 0. The normalized spacial score (nSPS) is 13.6. The number of halogens is 1. The Morgan fingerprint density at radius 3 is 2.68 bits per heavy atom. The Bertz CT molecular complexity index is 1150. The van der Waals surface area contributed by atoms with E-state index in [1.54, 1.807) is 36.5 Å². The van der Waals surface area contributed by atoms with Crippen molar-refractivity contribution in [1.29, 1.82) is 0 Å². The van der Waals surface area contributed by atoms with E-state index in [2.05, 4.69) is 10.3 Å². The molecule has 2 N–H and O–H groups in total. The maximum atomic E-state index is 14.0. The smallest absolute Gasteiger partial charge is 0.255 e. The zero-order valence-electron chi connectivity index (χ0n) is 19.2. The first kappa shape index (κ1) is 23.7. The van der Waals surface area contributed by atoms with E-state index in [0.29, 0.717) is 46.2 Å². The summed E-state index contributed by atoms with van der Waals surface area (Å²) < 4.78 is 25.1. The van der Waals surface area contributed by atoms with Crippen molar-refractivity contribution in [3.63, 3.8) is 0 Å². The molecule has 6 nitrogen and oxygen atoms in total. The van der Waals surface area contributed by atoms with E-state index in [0.717, 1.165) is 12.8 Å². The van der Waals surface area contributed by atoms with Crippen LogP contribution in [0.2, 0.25) is 0 Å². The number of ether oxygens (including phenoxy) is 2. The molecule has 4 rings (SSSR count). The fraction of sp³-hybridized carbons (Fsp3) is 0.333. The number of hydrogen-bond donors (Lipinski definition) is 2. The largest absolute Gasteiger partial charge is 0.494 e. The molecule has 1 fully saturated rings. The number of carbonyl (C=O) groups is 1. The van der Waals surface area contributed by atoms with E-state index in [-0.39, 0.29) is 24.8 Å². The summed E-state index contributed by atoms with van der Waals surface area (Å²) in [6.07, 6.45) is 6.34. The molecule has 1 aliphatic carbocycles. The number of nitrogens with zero attached hydrogens (tertiary/aromatic N) is 1. The lowest BCUT2D eigenvalue weighted by atomic mass is 10.0. The maximum absolute atomic E-state index is 14.0. The second-order valence-electron chi connectivity index (χ2n) is 8.49. The highest BCUT2D eigenvalue weighted by Gasteiger charge is 2.20. The fourth-order valence-corrected chi connectivity index (χ4v) is 4.29. The van der Waals surface area contributed by atoms with Crippen LogP contribution in [0.4, 0.5) is 4.39 Å². The molecule has 0 atom stereocenters. The second kappa shape index (κ2) is 11.1. The first-order valence-electron chi connectivity index (χ1n) is 11.5. The van der Waals surface area contributed by atoms with E-state index in [9.17, 15) is 14.3 Å². The van der Waals surface area contributed by atoms with Crippen LogP contribution >= 0.6 is 0 Å². The van der Waals surface area contributed by atoms with Crippen LogP contribution in [0.15, 0.2) is 54.7 Å². The van der Waals surface area contributed by atoms with Gasteiger partial charge in [0.05, 0.1) is 31.6 Å². The number of hydrogen-bond acceptors (Lipinski definition) is 5. The Morgan fingerprint density at radius 1 is 1.15 bits per heavy atom. The summed E-state index contributed by atoms with van der Waals surface area (Å²) in [4.78, 5) is 17.6. The Morgan fingerprint density at radius 2 is 1.94 bits per heavy atom. The molecule has 1 amide bonds. The van der Waals surface area contributed by atoms with Gasteiger partial charge in [-0.3, -0.25) is 9.78 Å². The Balaban J connectivity index is 1.58. The number of aliphatic hydroxyl groups is 1. The highest BCUT2D eigenvalue weighted by atomic mass is 19.1. The number of aromatic nitrogens is 1. The molecule has 0 aliphatic heterocycles. The monoisotopic (exact) mass is 464 g/mol. The molecule has 0 radical (unpaired) electrons. The minimum atomic E-state index is -0.483. The minimum absolute atomic E-state index is 0.150. The number of benzene rings is 2. The standard InChI is InChI=1S/C27H29FN2O4/c1-33-25-10-8-19(13-23(25)28)15-30-27(32)22-14-20(26-21(16-31)7-4-12-29-26)9-11-24(22)34-17-18-5-2-3-6-18/h4,7-14,18,31H,2-3,5-6,15-17H2,1H3,(H,30,32). The van der Waals surface area contributed by atoms with Gasteiger partial charge in [-0.25, -0.2) is 4.39 Å². The van der Waals surface area contributed by atoms with Gasteiger partial charge in [-0.2, -0.15) is 0 Å². The summed E-state index contributed by atoms with van der Waals surface area (Å²) in [6, 6.07) is 13.5. The average Bonchev–Trinajstić information content (AvgIpc) is 3.40. The lowest BCUT2D eigenvalue weighted by Crippen LogP contribution is -2.24. The third-order valence-corrected chi connectivity index (χ3v) is 6.18. The molecular formula is C27H29FN2O4. The van der Waals surface area contributed by atoms with Crippen LogP contribution in [0, 0.1) is 11.7 Å². The summed E-state index contributed by atoms with van der Waals surface area (Å²) in [5, 5.41) is 12.6. The van der Waals surface area contributed by atoms with Crippen LogP contribution < -0.4 is 14.8 Å². The van der Waals surface area contributed by atoms with Crippen molar-refractivity contribution in [3.8, 4) is 22.8 Å². The number of rotatable bonds is 9. The van der Waals surface area contributed by atoms with Crippen molar-refractivity contribution in [3.05, 3.63) is 77.2 Å². The van der Waals surface area contributed by atoms with E-state index < -0.39 is 5.82 Å². The van der Waals surface area contributed by atoms with E-state index in [1.807, 2.05) is 6.07 Å². The van der Waals surface area contributed by atoms with Gasteiger partial charge in [-0.1, -0.05) is 25.0 Å². The molecule has 0 spiro atoms. The number of nitrogens with one attached hydrogen (secondary N) is 1. The lowest BCUT2D eigenvalue weighted by Gasteiger charge is -2.16.